The highest BCUT2D eigenvalue weighted by Gasteiger charge is 2.54. The van der Waals surface area contributed by atoms with Gasteiger partial charge in [-0.25, -0.2) is 0 Å². The molecule has 0 unspecified atom stereocenters. The van der Waals surface area contributed by atoms with E-state index in [0.29, 0.717) is 5.41 Å². The molecule has 0 bridgehead atoms. The Kier molecular flexibility index (Phi) is 2.41. The fraction of sp³-hybridized carbons (Fsp3) is 1.00. The summed E-state index contributed by atoms with van der Waals surface area (Å²) in [5.41, 5.74) is 0.835. The van der Waals surface area contributed by atoms with Crippen LogP contribution < -0.4 is 0 Å². The molecule has 1 nitrogen and oxygen atoms in total. The summed E-state index contributed by atoms with van der Waals surface area (Å²) < 4.78 is 6.06. The first-order chi connectivity index (χ1) is 7.53. The minimum Gasteiger partial charge on any atom is -0.375 e. The van der Waals surface area contributed by atoms with Crippen molar-refractivity contribution in [2.45, 2.75) is 64.9 Å². The van der Waals surface area contributed by atoms with Gasteiger partial charge < -0.3 is 4.74 Å². The first-order valence-corrected chi connectivity index (χ1v) is 7.17. The van der Waals surface area contributed by atoms with E-state index in [2.05, 4.69) is 20.8 Å². The Morgan fingerprint density at radius 1 is 0.938 bits per heavy atom. The zero-order valence-electron chi connectivity index (χ0n) is 11.1. The van der Waals surface area contributed by atoms with Crippen LogP contribution in [0.15, 0.2) is 0 Å². The van der Waals surface area contributed by atoms with E-state index >= 15 is 0 Å². The predicted molar refractivity (Wildman–Crippen MR) is 66.3 cm³/mol. The van der Waals surface area contributed by atoms with Crippen molar-refractivity contribution >= 4 is 0 Å². The van der Waals surface area contributed by atoms with E-state index in [1.54, 1.807) is 0 Å². The smallest absolute Gasteiger partial charge is 0.0686 e. The number of hydrogen-bond donors (Lipinski definition) is 0. The van der Waals surface area contributed by atoms with Gasteiger partial charge in [-0.1, -0.05) is 20.3 Å². The average molecular weight is 222 g/mol. The summed E-state index contributed by atoms with van der Waals surface area (Å²) in [6, 6.07) is 0. The van der Waals surface area contributed by atoms with Gasteiger partial charge in [0.2, 0.25) is 0 Å². The third-order valence-corrected chi connectivity index (χ3v) is 5.99. The van der Waals surface area contributed by atoms with Crippen LogP contribution in [0.1, 0.15) is 59.3 Å². The van der Waals surface area contributed by atoms with E-state index in [1.165, 1.54) is 38.5 Å². The van der Waals surface area contributed by atoms with E-state index in [0.717, 1.165) is 24.4 Å². The minimum atomic E-state index is 0.245. The number of ether oxygens (including phenoxy) is 1. The zero-order valence-corrected chi connectivity index (χ0v) is 11.1. The Morgan fingerprint density at radius 2 is 1.75 bits per heavy atom. The van der Waals surface area contributed by atoms with Crippen molar-refractivity contribution in [3.05, 3.63) is 0 Å². The summed E-state index contributed by atoms with van der Waals surface area (Å²) in [4.78, 5) is 0. The van der Waals surface area contributed by atoms with Crippen molar-refractivity contribution in [2.75, 3.05) is 6.61 Å². The maximum Gasteiger partial charge on any atom is 0.0686 e. The fourth-order valence-corrected chi connectivity index (χ4v) is 5.04. The third-order valence-electron chi connectivity index (χ3n) is 5.99. The van der Waals surface area contributed by atoms with E-state index in [1.807, 2.05) is 0 Å². The lowest BCUT2D eigenvalue weighted by Gasteiger charge is -2.53. The van der Waals surface area contributed by atoms with Crippen molar-refractivity contribution in [3.63, 3.8) is 0 Å². The highest BCUT2D eigenvalue weighted by molar-refractivity contribution is 5.03. The zero-order chi connectivity index (χ0) is 11.4. The molecule has 4 atom stereocenters. The van der Waals surface area contributed by atoms with E-state index in [9.17, 15) is 0 Å². The van der Waals surface area contributed by atoms with Gasteiger partial charge in [-0.3, -0.25) is 0 Å². The van der Waals surface area contributed by atoms with Crippen LogP contribution in [-0.2, 0) is 4.74 Å². The van der Waals surface area contributed by atoms with Crippen molar-refractivity contribution in [2.24, 2.45) is 23.2 Å². The molecule has 1 aliphatic heterocycles. The van der Waals surface area contributed by atoms with Crippen molar-refractivity contribution in [1.29, 1.82) is 0 Å². The van der Waals surface area contributed by atoms with Gasteiger partial charge in [-0.05, 0) is 62.2 Å². The second-order valence-electron chi connectivity index (χ2n) is 7.25. The quantitative estimate of drug-likeness (QED) is 0.601. The van der Waals surface area contributed by atoms with Crippen molar-refractivity contribution < 1.29 is 4.74 Å². The number of hydrogen-bond acceptors (Lipinski definition) is 1. The minimum absolute atomic E-state index is 0.245. The lowest BCUT2D eigenvalue weighted by Crippen LogP contribution is -2.49. The maximum atomic E-state index is 6.06. The van der Waals surface area contributed by atoms with Gasteiger partial charge in [0.05, 0.1) is 5.60 Å². The molecule has 3 aliphatic rings. The Morgan fingerprint density at radius 3 is 2.56 bits per heavy atom. The first-order valence-electron chi connectivity index (χ1n) is 7.17. The molecule has 0 radical (unpaired) electrons. The predicted octanol–water partition coefficient (Wildman–Crippen LogP) is 4.02. The van der Waals surface area contributed by atoms with Crippen LogP contribution in [0.5, 0.6) is 0 Å². The van der Waals surface area contributed by atoms with Crippen LogP contribution in [0, 0.1) is 23.2 Å². The largest absolute Gasteiger partial charge is 0.375 e. The van der Waals surface area contributed by atoms with Gasteiger partial charge in [0.1, 0.15) is 0 Å². The van der Waals surface area contributed by atoms with Gasteiger partial charge in [0.25, 0.3) is 0 Å². The summed E-state index contributed by atoms with van der Waals surface area (Å²) in [7, 11) is 0. The normalized spacial score (nSPS) is 50.8. The van der Waals surface area contributed by atoms with Crippen LogP contribution in [-0.4, -0.2) is 12.2 Å². The van der Waals surface area contributed by atoms with Gasteiger partial charge in [0.15, 0.2) is 0 Å². The van der Waals surface area contributed by atoms with Gasteiger partial charge in [-0.2, -0.15) is 0 Å². The summed E-state index contributed by atoms with van der Waals surface area (Å²) in [6.07, 6.45) is 8.40. The molecule has 3 rings (SSSR count). The topological polar surface area (TPSA) is 9.23 Å². The van der Waals surface area contributed by atoms with Crippen LogP contribution in [0.25, 0.3) is 0 Å². The van der Waals surface area contributed by atoms with Crippen LogP contribution in [0.2, 0.25) is 0 Å². The van der Waals surface area contributed by atoms with Crippen molar-refractivity contribution in [3.8, 4) is 0 Å². The maximum absolute atomic E-state index is 6.06. The molecule has 1 heteroatoms. The molecule has 1 saturated heterocycles. The van der Waals surface area contributed by atoms with Gasteiger partial charge in [0, 0.05) is 6.61 Å². The molecule has 2 aliphatic carbocycles. The molecule has 0 spiro atoms. The lowest BCUT2D eigenvalue weighted by molar-refractivity contribution is -0.100. The molecule has 0 N–H and O–H groups in total. The van der Waals surface area contributed by atoms with E-state index in [4.69, 9.17) is 4.74 Å². The molecule has 1 heterocycles. The Hall–Kier alpha value is -0.0400. The summed E-state index contributed by atoms with van der Waals surface area (Å²) >= 11 is 0. The molecular formula is C15H26O. The lowest BCUT2D eigenvalue weighted by atomic mass is 9.53. The SMILES string of the molecule is CC1(C)CCC[C@H]2[C@H]1CC[C@]1(C)OCC[C@H]21. The Bertz CT molecular complexity index is 281. The molecular weight excluding hydrogens is 196 g/mol. The first kappa shape index (κ1) is 11.1. The van der Waals surface area contributed by atoms with E-state index < -0.39 is 0 Å². The van der Waals surface area contributed by atoms with Crippen LogP contribution in [0.4, 0.5) is 0 Å². The van der Waals surface area contributed by atoms with Crippen LogP contribution >= 0.6 is 0 Å². The summed E-state index contributed by atoms with van der Waals surface area (Å²) in [5, 5.41) is 0. The third kappa shape index (κ3) is 1.47. The second kappa shape index (κ2) is 3.48. The summed E-state index contributed by atoms with van der Waals surface area (Å²) in [6.45, 7) is 8.40. The standard InChI is InChI=1S/C15H26O/c1-14(2)8-4-5-11-12(14)6-9-15(3)13(11)7-10-16-15/h11-13H,4-10H2,1-3H3/t11-,12+,13+,15-/m0/s1. The number of fused-ring (bicyclic) bond motifs is 3. The monoisotopic (exact) mass is 222 g/mol. The molecule has 16 heavy (non-hydrogen) atoms. The van der Waals surface area contributed by atoms with Gasteiger partial charge >= 0.3 is 0 Å². The van der Waals surface area contributed by atoms with E-state index in [-0.39, 0.29) is 5.60 Å². The number of rotatable bonds is 0. The highest BCUT2D eigenvalue weighted by Crippen LogP contribution is 2.58. The van der Waals surface area contributed by atoms with Gasteiger partial charge in [-0.15, -0.1) is 0 Å². The van der Waals surface area contributed by atoms with Crippen LogP contribution in [0.3, 0.4) is 0 Å². The average Bonchev–Trinajstić information content (AvgIpc) is 2.59. The molecule has 92 valence electrons. The Labute approximate surface area is 99.9 Å². The fourth-order valence-electron chi connectivity index (χ4n) is 5.04. The Balaban J connectivity index is 1.88. The summed E-state index contributed by atoms with van der Waals surface area (Å²) in [5.74, 6) is 2.80. The van der Waals surface area contributed by atoms with Crippen molar-refractivity contribution in [1.82, 2.24) is 0 Å². The highest BCUT2D eigenvalue weighted by atomic mass is 16.5. The molecule has 0 aromatic heterocycles. The second-order valence-corrected chi connectivity index (χ2v) is 7.25. The molecule has 3 fully saturated rings. The molecule has 2 saturated carbocycles. The molecule has 0 aromatic carbocycles. The molecule has 0 amide bonds. The molecule has 0 aromatic rings.